The number of benzene rings is 1. The molecule has 4 aromatic rings. The van der Waals surface area contributed by atoms with Crippen LogP contribution in [0.25, 0.3) is 16.3 Å². The summed E-state index contributed by atoms with van der Waals surface area (Å²) in [7, 11) is 0. The second-order valence-corrected chi connectivity index (χ2v) is 6.70. The van der Waals surface area contributed by atoms with Crippen molar-refractivity contribution in [3.8, 4) is 17.1 Å². The molecule has 0 spiro atoms. The Morgan fingerprint density at radius 3 is 2.88 bits per heavy atom. The van der Waals surface area contributed by atoms with E-state index in [-0.39, 0.29) is 6.61 Å². The van der Waals surface area contributed by atoms with Crippen molar-refractivity contribution in [3.63, 3.8) is 0 Å². The van der Waals surface area contributed by atoms with Crippen molar-refractivity contribution in [1.82, 2.24) is 24.8 Å². The van der Waals surface area contributed by atoms with Gasteiger partial charge in [-0.1, -0.05) is 34.5 Å². The lowest BCUT2D eigenvalue weighted by atomic mass is 10.3. The maximum atomic E-state index is 6.10. The first-order chi connectivity index (χ1) is 11.7. The molecule has 3 heterocycles. The highest BCUT2D eigenvalue weighted by atomic mass is 35.5. The molecule has 120 valence electrons. The Hall–Kier alpha value is -2.22. The largest absolute Gasteiger partial charge is 0.485 e. The van der Waals surface area contributed by atoms with Crippen LogP contribution in [0.2, 0.25) is 10.0 Å². The minimum absolute atomic E-state index is 0.280. The Morgan fingerprint density at radius 1 is 1.17 bits per heavy atom. The summed E-state index contributed by atoms with van der Waals surface area (Å²) in [6.45, 7) is 0.280. The molecule has 1 aromatic carbocycles. The molecular formula is C15H9Cl2N5OS. The summed E-state index contributed by atoms with van der Waals surface area (Å²) in [4.78, 5) is 4.78. The maximum absolute atomic E-state index is 6.10. The Morgan fingerprint density at radius 2 is 2.08 bits per heavy atom. The van der Waals surface area contributed by atoms with Crippen LogP contribution in [0.5, 0.6) is 5.75 Å². The Labute approximate surface area is 150 Å². The van der Waals surface area contributed by atoms with E-state index in [0.717, 1.165) is 10.6 Å². The van der Waals surface area contributed by atoms with Crippen LogP contribution in [-0.2, 0) is 6.61 Å². The van der Waals surface area contributed by atoms with Gasteiger partial charge in [0.15, 0.2) is 10.8 Å². The summed E-state index contributed by atoms with van der Waals surface area (Å²) >= 11 is 13.4. The molecule has 4 rings (SSSR count). The first kappa shape index (κ1) is 15.3. The van der Waals surface area contributed by atoms with Crippen LogP contribution >= 0.6 is 34.5 Å². The zero-order valence-electron chi connectivity index (χ0n) is 12.1. The van der Waals surface area contributed by atoms with E-state index in [9.17, 15) is 0 Å². The Kier molecular flexibility index (Phi) is 4.05. The van der Waals surface area contributed by atoms with Crippen LogP contribution < -0.4 is 4.74 Å². The molecule has 0 aliphatic rings. The Bertz CT molecular complexity index is 1000. The van der Waals surface area contributed by atoms with Crippen LogP contribution in [0.1, 0.15) is 5.01 Å². The SMILES string of the molecule is Clc1ccc(OCc2nn3c(-c4cccnc4)nnc3s2)c(Cl)c1. The molecule has 24 heavy (non-hydrogen) atoms. The second-order valence-electron chi connectivity index (χ2n) is 4.82. The third kappa shape index (κ3) is 2.93. The highest BCUT2D eigenvalue weighted by Crippen LogP contribution is 2.29. The van der Waals surface area contributed by atoms with Gasteiger partial charge in [0, 0.05) is 23.0 Å². The fourth-order valence-electron chi connectivity index (χ4n) is 2.12. The van der Waals surface area contributed by atoms with Crippen LogP contribution in [0.4, 0.5) is 0 Å². The van der Waals surface area contributed by atoms with Gasteiger partial charge in [0.25, 0.3) is 0 Å². The van der Waals surface area contributed by atoms with Crippen molar-refractivity contribution in [2.45, 2.75) is 6.61 Å². The van der Waals surface area contributed by atoms with Crippen LogP contribution in [0.3, 0.4) is 0 Å². The third-order valence-electron chi connectivity index (χ3n) is 3.20. The number of pyridine rings is 1. The van der Waals surface area contributed by atoms with Gasteiger partial charge in [-0.05, 0) is 30.3 Å². The average molecular weight is 378 g/mol. The standard InChI is InChI=1S/C15H9Cl2N5OS/c16-10-3-4-12(11(17)6-10)23-8-13-21-22-14(19-20-15(22)24-13)9-2-1-5-18-7-9/h1-7H,8H2. The van der Waals surface area contributed by atoms with Gasteiger partial charge in [0.2, 0.25) is 4.96 Å². The summed E-state index contributed by atoms with van der Waals surface area (Å²) in [6, 6.07) is 8.84. The van der Waals surface area contributed by atoms with Gasteiger partial charge in [0.1, 0.15) is 12.4 Å². The summed E-state index contributed by atoms with van der Waals surface area (Å²) in [5.41, 5.74) is 0.850. The summed E-state index contributed by atoms with van der Waals surface area (Å²) < 4.78 is 7.39. The molecule has 0 unspecified atom stereocenters. The van der Waals surface area contributed by atoms with Gasteiger partial charge in [-0.15, -0.1) is 10.2 Å². The van der Waals surface area contributed by atoms with Crippen LogP contribution in [-0.4, -0.2) is 24.8 Å². The Balaban J connectivity index is 1.59. The summed E-state index contributed by atoms with van der Waals surface area (Å²) in [5, 5.41) is 14.6. The van der Waals surface area contributed by atoms with Crippen molar-refractivity contribution < 1.29 is 4.74 Å². The molecule has 6 nitrogen and oxygen atoms in total. The fraction of sp³-hybridized carbons (Fsp3) is 0.0667. The van der Waals surface area contributed by atoms with Crippen molar-refractivity contribution in [2.75, 3.05) is 0 Å². The van der Waals surface area contributed by atoms with E-state index in [0.29, 0.717) is 26.6 Å². The predicted molar refractivity (Wildman–Crippen MR) is 92.7 cm³/mol. The summed E-state index contributed by atoms with van der Waals surface area (Å²) in [6.07, 6.45) is 3.43. The van der Waals surface area contributed by atoms with Gasteiger partial charge in [-0.3, -0.25) is 4.98 Å². The molecule has 0 aliphatic carbocycles. The van der Waals surface area contributed by atoms with Gasteiger partial charge in [-0.2, -0.15) is 9.61 Å². The minimum Gasteiger partial charge on any atom is -0.485 e. The number of ether oxygens (including phenoxy) is 1. The molecule has 0 atom stereocenters. The first-order valence-electron chi connectivity index (χ1n) is 6.90. The molecule has 0 aliphatic heterocycles. The van der Waals surface area contributed by atoms with Crippen molar-refractivity contribution in [3.05, 3.63) is 57.8 Å². The number of halogens is 2. The van der Waals surface area contributed by atoms with E-state index in [1.54, 1.807) is 35.1 Å². The van der Waals surface area contributed by atoms with E-state index in [2.05, 4.69) is 20.3 Å². The van der Waals surface area contributed by atoms with Gasteiger partial charge in [0.05, 0.1) is 5.02 Å². The fourth-order valence-corrected chi connectivity index (χ4v) is 3.33. The van der Waals surface area contributed by atoms with E-state index >= 15 is 0 Å². The van der Waals surface area contributed by atoms with E-state index in [1.165, 1.54) is 11.3 Å². The normalized spacial score (nSPS) is 11.1. The first-order valence-corrected chi connectivity index (χ1v) is 8.47. The molecule has 9 heteroatoms. The highest BCUT2D eigenvalue weighted by Gasteiger charge is 2.14. The molecule has 0 bridgehead atoms. The van der Waals surface area contributed by atoms with Crippen LogP contribution in [0, 0.1) is 0 Å². The number of hydrogen-bond acceptors (Lipinski definition) is 6. The monoisotopic (exact) mass is 377 g/mol. The quantitative estimate of drug-likeness (QED) is 0.534. The molecule has 0 fully saturated rings. The molecule has 0 radical (unpaired) electrons. The van der Waals surface area contributed by atoms with Gasteiger partial charge in [-0.25, -0.2) is 0 Å². The van der Waals surface area contributed by atoms with Crippen molar-refractivity contribution in [1.29, 1.82) is 0 Å². The topological polar surface area (TPSA) is 65.2 Å². The molecular weight excluding hydrogens is 369 g/mol. The van der Waals surface area contributed by atoms with Crippen LogP contribution in [0.15, 0.2) is 42.7 Å². The van der Waals surface area contributed by atoms with Crippen molar-refractivity contribution in [2.24, 2.45) is 0 Å². The minimum atomic E-state index is 0.280. The number of nitrogens with zero attached hydrogens (tertiary/aromatic N) is 5. The zero-order valence-corrected chi connectivity index (χ0v) is 14.4. The molecule has 0 saturated heterocycles. The smallest absolute Gasteiger partial charge is 0.235 e. The molecule has 0 amide bonds. The van der Waals surface area contributed by atoms with Gasteiger partial charge >= 0.3 is 0 Å². The van der Waals surface area contributed by atoms with E-state index < -0.39 is 0 Å². The molecule has 0 saturated carbocycles. The summed E-state index contributed by atoms with van der Waals surface area (Å²) in [5.74, 6) is 1.20. The lowest BCUT2D eigenvalue weighted by molar-refractivity contribution is 0.304. The molecule has 3 aromatic heterocycles. The van der Waals surface area contributed by atoms with E-state index in [4.69, 9.17) is 27.9 Å². The van der Waals surface area contributed by atoms with Gasteiger partial charge < -0.3 is 4.74 Å². The number of fused-ring (bicyclic) bond motifs is 1. The number of aromatic nitrogens is 5. The highest BCUT2D eigenvalue weighted by molar-refractivity contribution is 7.16. The second kappa shape index (κ2) is 6.35. The number of rotatable bonds is 4. The average Bonchev–Trinajstić information content (AvgIpc) is 3.15. The van der Waals surface area contributed by atoms with Crippen molar-refractivity contribution >= 4 is 39.5 Å². The maximum Gasteiger partial charge on any atom is 0.235 e. The van der Waals surface area contributed by atoms with E-state index in [1.807, 2.05) is 12.1 Å². The lowest BCUT2D eigenvalue weighted by Crippen LogP contribution is -1.98. The lowest BCUT2D eigenvalue weighted by Gasteiger charge is -2.05. The predicted octanol–water partition coefficient (Wildman–Crippen LogP) is 4.13. The molecule has 0 N–H and O–H groups in total. The zero-order chi connectivity index (χ0) is 16.5. The number of hydrogen-bond donors (Lipinski definition) is 0. The third-order valence-corrected chi connectivity index (χ3v) is 4.60.